The molecule has 0 saturated carbocycles. The zero-order chi connectivity index (χ0) is 20.1. The Labute approximate surface area is 164 Å². The van der Waals surface area contributed by atoms with Gasteiger partial charge in [-0.3, -0.25) is 0 Å². The molecule has 6 heteroatoms. The van der Waals surface area contributed by atoms with E-state index in [9.17, 15) is 10.2 Å². The summed E-state index contributed by atoms with van der Waals surface area (Å²) in [6.45, 7) is 1.69. The van der Waals surface area contributed by atoms with Crippen LogP contribution in [-0.4, -0.2) is 35.5 Å². The van der Waals surface area contributed by atoms with Gasteiger partial charge in [0.25, 0.3) is 0 Å². The van der Waals surface area contributed by atoms with Crippen molar-refractivity contribution in [1.29, 1.82) is 0 Å². The summed E-state index contributed by atoms with van der Waals surface area (Å²) in [5.74, 6) is 2.29. The molecule has 148 valence electrons. The third-order valence-corrected chi connectivity index (χ3v) is 4.50. The van der Waals surface area contributed by atoms with Crippen molar-refractivity contribution in [2.24, 2.45) is 0 Å². The number of rotatable bonds is 8. The Morgan fingerprint density at radius 3 is 1.89 bits per heavy atom. The van der Waals surface area contributed by atoms with E-state index in [-0.39, 0.29) is 5.89 Å². The second kappa shape index (κ2) is 8.91. The van der Waals surface area contributed by atoms with Crippen molar-refractivity contribution < 1.29 is 24.1 Å². The lowest BCUT2D eigenvalue weighted by molar-refractivity contribution is 0.104. The van der Waals surface area contributed by atoms with Gasteiger partial charge >= 0.3 is 0 Å². The largest absolute Gasteiger partial charge is 0.497 e. The first-order valence-corrected chi connectivity index (χ1v) is 9.17. The summed E-state index contributed by atoms with van der Waals surface area (Å²) in [6.07, 6.45) is -0.563. The zero-order valence-electron chi connectivity index (χ0n) is 16.3. The monoisotopic (exact) mass is 383 g/mol. The topological polar surface area (TPSA) is 85.0 Å². The number of aromatic nitrogens is 1. The molecule has 0 aliphatic rings. The fraction of sp³-hybridized carbons (Fsp3) is 0.318. The molecular formula is C22H25NO5. The Bertz CT molecular complexity index is 819. The Hall–Kier alpha value is -2.83. The van der Waals surface area contributed by atoms with E-state index < -0.39 is 12.2 Å². The second-order valence-electron chi connectivity index (χ2n) is 6.63. The number of oxazole rings is 1. The quantitative estimate of drug-likeness (QED) is 0.606. The van der Waals surface area contributed by atoms with E-state index in [2.05, 4.69) is 4.98 Å². The van der Waals surface area contributed by atoms with Crippen molar-refractivity contribution in [3.8, 4) is 34.1 Å². The van der Waals surface area contributed by atoms with Gasteiger partial charge in [0.05, 0.1) is 20.3 Å². The second-order valence-corrected chi connectivity index (χ2v) is 6.63. The van der Waals surface area contributed by atoms with Crippen LogP contribution >= 0.6 is 0 Å². The average molecular weight is 383 g/mol. The highest BCUT2D eigenvalue weighted by atomic mass is 16.5. The Kier molecular flexibility index (Phi) is 6.34. The smallest absolute Gasteiger partial charge is 0.224 e. The Morgan fingerprint density at radius 1 is 0.857 bits per heavy atom. The number of aliphatic hydroxyl groups is 2. The van der Waals surface area contributed by atoms with Crippen molar-refractivity contribution in [2.45, 2.75) is 32.0 Å². The summed E-state index contributed by atoms with van der Waals surface area (Å²) in [7, 11) is 3.23. The first-order chi connectivity index (χ1) is 13.5. The lowest BCUT2D eigenvalue weighted by atomic mass is 10.1. The number of nitrogens with zero attached hydrogens (tertiary/aromatic N) is 1. The van der Waals surface area contributed by atoms with Crippen molar-refractivity contribution in [3.05, 3.63) is 54.4 Å². The molecule has 0 bridgehead atoms. The lowest BCUT2D eigenvalue weighted by Crippen LogP contribution is -2.05. The first kappa shape index (κ1) is 19.9. The molecule has 28 heavy (non-hydrogen) atoms. The fourth-order valence-corrected chi connectivity index (χ4v) is 2.88. The highest BCUT2D eigenvalue weighted by Gasteiger charge is 2.22. The number of methoxy groups -OCH3 is 2. The van der Waals surface area contributed by atoms with E-state index in [1.54, 1.807) is 21.1 Å². The van der Waals surface area contributed by atoms with Crippen LogP contribution in [0.5, 0.6) is 11.5 Å². The third kappa shape index (κ3) is 4.52. The van der Waals surface area contributed by atoms with Crippen LogP contribution in [0.4, 0.5) is 0 Å². The van der Waals surface area contributed by atoms with Gasteiger partial charge in [-0.15, -0.1) is 0 Å². The van der Waals surface area contributed by atoms with E-state index in [1.165, 1.54) is 0 Å². The summed E-state index contributed by atoms with van der Waals surface area (Å²) in [4.78, 5) is 4.56. The predicted molar refractivity (Wildman–Crippen MR) is 106 cm³/mol. The fourth-order valence-electron chi connectivity index (χ4n) is 2.88. The minimum Gasteiger partial charge on any atom is -0.497 e. The molecule has 2 aromatic carbocycles. The highest BCUT2D eigenvalue weighted by molar-refractivity contribution is 5.77. The first-order valence-electron chi connectivity index (χ1n) is 9.17. The molecule has 0 fully saturated rings. The molecule has 2 atom stereocenters. The maximum absolute atomic E-state index is 10.5. The standard InChI is InChI=1S/C22H25NO5/c1-14(24)4-13-19(25)22-23-20(15-5-9-17(26-2)10-6-15)21(28-22)16-7-11-18(27-3)12-8-16/h5-12,14,19,24-25H,4,13H2,1-3H3. The molecule has 0 radical (unpaired) electrons. The lowest BCUT2D eigenvalue weighted by Gasteiger charge is -2.07. The van der Waals surface area contributed by atoms with Gasteiger partial charge in [-0.1, -0.05) is 0 Å². The molecule has 2 unspecified atom stereocenters. The minimum absolute atomic E-state index is 0.234. The minimum atomic E-state index is -0.890. The molecule has 2 N–H and O–H groups in total. The molecular weight excluding hydrogens is 358 g/mol. The molecule has 0 amide bonds. The molecule has 0 saturated heterocycles. The van der Waals surface area contributed by atoms with Crippen LogP contribution in [0.1, 0.15) is 31.8 Å². The summed E-state index contributed by atoms with van der Waals surface area (Å²) in [5.41, 5.74) is 2.32. The highest BCUT2D eigenvalue weighted by Crippen LogP contribution is 2.36. The van der Waals surface area contributed by atoms with Gasteiger partial charge in [0.2, 0.25) is 5.89 Å². The molecule has 0 aliphatic heterocycles. The molecule has 1 aromatic heterocycles. The summed E-state index contributed by atoms with van der Waals surface area (Å²) in [6, 6.07) is 15.0. The summed E-state index contributed by atoms with van der Waals surface area (Å²) < 4.78 is 16.4. The van der Waals surface area contributed by atoms with Crippen LogP contribution in [0.3, 0.4) is 0 Å². The van der Waals surface area contributed by atoms with Crippen molar-refractivity contribution in [2.75, 3.05) is 14.2 Å². The molecule has 0 spiro atoms. The molecule has 6 nitrogen and oxygen atoms in total. The zero-order valence-corrected chi connectivity index (χ0v) is 16.3. The maximum Gasteiger partial charge on any atom is 0.224 e. The van der Waals surface area contributed by atoms with Gasteiger partial charge < -0.3 is 24.1 Å². The van der Waals surface area contributed by atoms with Gasteiger partial charge in [-0.2, -0.15) is 0 Å². The van der Waals surface area contributed by atoms with E-state index in [1.807, 2.05) is 48.5 Å². The van der Waals surface area contributed by atoms with Gasteiger partial charge in [0, 0.05) is 11.1 Å². The van der Waals surface area contributed by atoms with E-state index in [0.29, 0.717) is 24.3 Å². The average Bonchev–Trinajstić information content (AvgIpc) is 3.17. The molecule has 0 aliphatic carbocycles. The third-order valence-electron chi connectivity index (χ3n) is 4.50. The predicted octanol–water partition coefficient (Wildman–Crippen LogP) is 4.22. The SMILES string of the molecule is COc1ccc(-c2nc(C(O)CCC(C)O)oc2-c2ccc(OC)cc2)cc1. The molecule has 1 heterocycles. The van der Waals surface area contributed by atoms with Crippen molar-refractivity contribution >= 4 is 0 Å². The van der Waals surface area contributed by atoms with Crippen LogP contribution in [0, 0.1) is 0 Å². The van der Waals surface area contributed by atoms with Crippen molar-refractivity contribution in [1.82, 2.24) is 4.98 Å². The number of aliphatic hydroxyl groups excluding tert-OH is 2. The van der Waals surface area contributed by atoms with Crippen LogP contribution in [0.2, 0.25) is 0 Å². The summed E-state index contributed by atoms with van der Waals surface area (Å²) >= 11 is 0. The van der Waals surface area contributed by atoms with Crippen LogP contribution in [-0.2, 0) is 0 Å². The van der Waals surface area contributed by atoms with Gasteiger partial charge in [0.1, 0.15) is 23.3 Å². The van der Waals surface area contributed by atoms with Crippen LogP contribution in [0.25, 0.3) is 22.6 Å². The molecule has 3 rings (SSSR count). The number of benzene rings is 2. The number of hydrogen-bond donors (Lipinski definition) is 2. The molecule has 3 aromatic rings. The van der Waals surface area contributed by atoms with E-state index in [4.69, 9.17) is 13.9 Å². The van der Waals surface area contributed by atoms with Crippen LogP contribution in [0.15, 0.2) is 52.9 Å². The Balaban J connectivity index is 2.01. The Morgan fingerprint density at radius 2 is 1.39 bits per heavy atom. The van der Waals surface area contributed by atoms with Crippen LogP contribution < -0.4 is 9.47 Å². The van der Waals surface area contributed by atoms with Gasteiger partial charge in [0.15, 0.2) is 5.76 Å². The van der Waals surface area contributed by atoms with E-state index >= 15 is 0 Å². The van der Waals surface area contributed by atoms with Gasteiger partial charge in [-0.25, -0.2) is 4.98 Å². The van der Waals surface area contributed by atoms with Gasteiger partial charge in [-0.05, 0) is 68.3 Å². The van der Waals surface area contributed by atoms with E-state index in [0.717, 1.165) is 22.6 Å². The normalized spacial score (nSPS) is 13.2. The van der Waals surface area contributed by atoms with Crippen molar-refractivity contribution in [3.63, 3.8) is 0 Å². The number of hydrogen-bond acceptors (Lipinski definition) is 6. The number of ether oxygens (including phenoxy) is 2. The maximum atomic E-state index is 10.5. The summed E-state index contributed by atoms with van der Waals surface area (Å²) in [5, 5.41) is 19.9.